The third-order valence-corrected chi connectivity index (χ3v) is 6.61. The van der Waals surface area contributed by atoms with Crippen LogP contribution in [0, 0.1) is 0 Å². The molecule has 166 valence electrons. The highest BCUT2D eigenvalue weighted by atomic mass is 16.5. The number of aromatic nitrogens is 1. The largest absolute Gasteiger partial charge is 0.452 e. The van der Waals surface area contributed by atoms with Crippen LogP contribution in [-0.4, -0.2) is 58.9 Å². The number of benzene rings is 1. The first kappa shape index (κ1) is 21.8. The van der Waals surface area contributed by atoms with E-state index in [1.54, 1.807) is 0 Å². The maximum absolute atomic E-state index is 13.3. The minimum absolute atomic E-state index is 0.0836. The van der Waals surface area contributed by atoms with Crippen LogP contribution < -0.4 is 0 Å². The number of amides is 1. The highest BCUT2D eigenvalue weighted by molar-refractivity contribution is 6.05. The third kappa shape index (κ3) is 4.59. The van der Waals surface area contributed by atoms with Gasteiger partial charge in [0, 0.05) is 48.7 Å². The van der Waals surface area contributed by atoms with E-state index in [2.05, 4.69) is 18.7 Å². The van der Waals surface area contributed by atoms with Gasteiger partial charge in [-0.2, -0.15) is 0 Å². The van der Waals surface area contributed by atoms with Crippen LogP contribution in [0.5, 0.6) is 0 Å². The minimum atomic E-state index is -0.411. The zero-order chi connectivity index (χ0) is 21.8. The zero-order valence-electron chi connectivity index (χ0n) is 18.7. The number of hydrogen-bond donors (Lipinski definition) is 0. The van der Waals surface area contributed by atoms with Crippen LogP contribution in [0.1, 0.15) is 67.6 Å². The molecule has 2 aliphatic rings. The summed E-state index contributed by atoms with van der Waals surface area (Å²) in [5, 5.41) is 0.807. The van der Waals surface area contributed by atoms with Crippen molar-refractivity contribution in [3.05, 3.63) is 41.1 Å². The summed E-state index contributed by atoms with van der Waals surface area (Å²) in [5.74, 6) is -0.494. The number of ether oxygens (including phenoxy) is 1. The highest BCUT2D eigenvalue weighted by Gasteiger charge is 2.29. The number of esters is 1. The summed E-state index contributed by atoms with van der Waals surface area (Å²) in [6.45, 7) is 7.48. The van der Waals surface area contributed by atoms with Gasteiger partial charge in [-0.3, -0.25) is 14.7 Å². The Kier molecular flexibility index (Phi) is 6.86. The Balaban J connectivity index is 1.58. The fourth-order valence-electron chi connectivity index (χ4n) is 5.02. The van der Waals surface area contributed by atoms with Gasteiger partial charge in [0.15, 0.2) is 6.61 Å². The predicted octanol–water partition coefficient (Wildman–Crippen LogP) is 3.95. The predicted molar refractivity (Wildman–Crippen MR) is 121 cm³/mol. The summed E-state index contributed by atoms with van der Waals surface area (Å²) < 4.78 is 5.63. The SMILES string of the molecule is CCCN1CCc2nc3ccccc3c(C(=O)OCC(=O)N3CCCCC3CC)c2C1. The first-order valence-electron chi connectivity index (χ1n) is 11.7. The van der Waals surface area contributed by atoms with Crippen LogP contribution in [0.4, 0.5) is 0 Å². The fraction of sp³-hybridized carbons (Fsp3) is 0.560. The number of rotatable bonds is 6. The molecule has 31 heavy (non-hydrogen) atoms. The van der Waals surface area contributed by atoms with Crippen LogP contribution in [-0.2, 0) is 22.5 Å². The average Bonchev–Trinajstić information content (AvgIpc) is 2.81. The molecule has 0 saturated carbocycles. The van der Waals surface area contributed by atoms with Gasteiger partial charge < -0.3 is 9.64 Å². The number of hydrogen-bond acceptors (Lipinski definition) is 5. The molecule has 1 aromatic carbocycles. The smallest absolute Gasteiger partial charge is 0.339 e. The summed E-state index contributed by atoms with van der Waals surface area (Å²) in [7, 11) is 0. The van der Waals surface area contributed by atoms with Crippen molar-refractivity contribution in [1.82, 2.24) is 14.8 Å². The summed E-state index contributed by atoms with van der Waals surface area (Å²) in [5.41, 5.74) is 3.33. The van der Waals surface area contributed by atoms with Crippen LogP contribution in [0.25, 0.3) is 10.9 Å². The van der Waals surface area contributed by atoms with E-state index >= 15 is 0 Å². The van der Waals surface area contributed by atoms with Gasteiger partial charge in [0.05, 0.1) is 11.1 Å². The van der Waals surface area contributed by atoms with Crippen molar-refractivity contribution in [3.63, 3.8) is 0 Å². The van der Waals surface area contributed by atoms with Gasteiger partial charge >= 0.3 is 5.97 Å². The van der Waals surface area contributed by atoms with Crippen molar-refractivity contribution in [2.45, 2.75) is 65.0 Å². The molecule has 1 unspecified atom stereocenters. The van der Waals surface area contributed by atoms with Crippen molar-refractivity contribution >= 4 is 22.8 Å². The Labute approximate surface area is 184 Å². The maximum Gasteiger partial charge on any atom is 0.339 e. The number of nitrogens with zero attached hydrogens (tertiary/aromatic N) is 3. The number of fused-ring (bicyclic) bond motifs is 2. The lowest BCUT2D eigenvalue weighted by Crippen LogP contribution is -2.45. The van der Waals surface area contributed by atoms with Crippen molar-refractivity contribution < 1.29 is 14.3 Å². The Morgan fingerprint density at radius 3 is 2.81 bits per heavy atom. The van der Waals surface area contributed by atoms with Gasteiger partial charge in [-0.15, -0.1) is 0 Å². The minimum Gasteiger partial charge on any atom is -0.452 e. The Morgan fingerprint density at radius 1 is 1.16 bits per heavy atom. The summed E-state index contributed by atoms with van der Waals surface area (Å²) in [4.78, 5) is 35.2. The van der Waals surface area contributed by atoms with Gasteiger partial charge in [-0.1, -0.05) is 32.0 Å². The molecule has 4 rings (SSSR count). The molecule has 1 saturated heterocycles. The van der Waals surface area contributed by atoms with Gasteiger partial charge in [0.1, 0.15) is 0 Å². The van der Waals surface area contributed by atoms with E-state index in [0.717, 1.165) is 80.3 Å². The molecule has 3 heterocycles. The van der Waals surface area contributed by atoms with Crippen LogP contribution in [0.15, 0.2) is 24.3 Å². The van der Waals surface area contributed by atoms with Gasteiger partial charge in [-0.05, 0) is 44.7 Å². The molecule has 1 atom stereocenters. The number of piperidine rings is 1. The van der Waals surface area contributed by atoms with Crippen molar-refractivity contribution in [1.29, 1.82) is 0 Å². The topological polar surface area (TPSA) is 62.7 Å². The highest BCUT2D eigenvalue weighted by Crippen LogP contribution is 2.29. The molecular formula is C25H33N3O3. The second kappa shape index (κ2) is 9.77. The Bertz CT molecular complexity index is 958. The zero-order valence-corrected chi connectivity index (χ0v) is 18.7. The summed E-state index contributed by atoms with van der Waals surface area (Å²) in [6, 6.07) is 7.99. The number of para-hydroxylation sites is 1. The molecule has 0 aliphatic carbocycles. The van der Waals surface area contributed by atoms with Crippen LogP contribution >= 0.6 is 0 Å². The van der Waals surface area contributed by atoms with E-state index in [9.17, 15) is 9.59 Å². The van der Waals surface area contributed by atoms with Crippen molar-refractivity contribution in [3.8, 4) is 0 Å². The molecule has 6 nitrogen and oxygen atoms in total. The molecule has 1 amide bonds. The van der Waals surface area contributed by atoms with E-state index in [4.69, 9.17) is 9.72 Å². The summed E-state index contributed by atoms with van der Waals surface area (Å²) >= 11 is 0. The summed E-state index contributed by atoms with van der Waals surface area (Å²) in [6.07, 6.45) is 6.04. The third-order valence-electron chi connectivity index (χ3n) is 6.61. The van der Waals surface area contributed by atoms with Crippen molar-refractivity contribution in [2.24, 2.45) is 0 Å². The lowest BCUT2D eigenvalue weighted by atomic mass is 9.95. The molecule has 1 fully saturated rings. The Morgan fingerprint density at radius 2 is 2.00 bits per heavy atom. The van der Waals surface area contributed by atoms with E-state index in [0.29, 0.717) is 12.1 Å². The van der Waals surface area contributed by atoms with Gasteiger partial charge in [-0.25, -0.2) is 4.79 Å². The van der Waals surface area contributed by atoms with E-state index in [1.807, 2.05) is 29.2 Å². The molecule has 0 radical (unpaired) electrons. The van der Waals surface area contributed by atoms with E-state index in [1.165, 1.54) is 0 Å². The molecule has 1 aromatic heterocycles. The molecule has 0 bridgehead atoms. The molecule has 0 spiro atoms. The average molecular weight is 424 g/mol. The van der Waals surface area contributed by atoms with Gasteiger partial charge in [0.25, 0.3) is 5.91 Å². The van der Waals surface area contributed by atoms with E-state index < -0.39 is 5.97 Å². The molecule has 2 aliphatic heterocycles. The van der Waals surface area contributed by atoms with Gasteiger partial charge in [0.2, 0.25) is 0 Å². The second-order valence-corrected chi connectivity index (χ2v) is 8.68. The second-order valence-electron chi connectivity index (χ2n) is 8.68. The molecule has 0 N–H and O–H groups in total. The van der Waals surface area contributed by atoms with E-state index in [-0.39, 0.29) is 18.6 Å². The number of likely N-dealkylation sites (tertiary alicyclic amines) is 1. The monoisotopic (exact) mass is 423 g/mol. The number of carbonyl (C=O) groups is 2. The lowest BCUT2D eigenvalue weighted by Gasteiger charge is -2.35. The number of carbonyl (C=O) groups excluding carboxylic acids is 2. The molecule has 2 aromatic rings. The first-order chi connectivity index (χ1) is 15.1. The molecular weight excluding hydrogens is 390 g/mol. The first-order valence-corrected chi connectivity index (χ1v) is 11.7. The normalized spacial score (nSPS) is 19.3. The number of pyridine rings is 1. The van der Waals surface area contributed by atoms with Crippen LogP contribution in [0.3, 0.4) is 0 Å². The fourth-order valence-corrected chi connectivity index (χ4v) is 5.02. The Hall–Kier alpha value is -2.47. The standard InChI is InChI=1S/C25H33N3O3/c1-3-13-27-15-12-22-20(16-27)24(19-10-5-6-11-21(19)26-22)25(30)31-17-23(29)28-14-8-7-9-18(28)4-2/h5-6,10-11,18H,3-4,7-9,12-17H2,1-2H3. The van der Waals surface area contributed by atoms with Crippen LogP contribution in [0.2, 0.25) is 0 Å². The quantitative estimate of drug-likeness (QED) is 0.659. The lowest BCUT2D eigenvalue weighted by molar-refractivity contribution is -0.138. The van der Waals surface area contributed by atoms with Crippen molar-refractivity contribution in [2.75, 3.05) is 26.2 Å². The maximum atomic E-state index is 13.3. The molecule has 6 heteroatoms.